The summed E-state index contributed by atoms with van der Waals surface area (Å²) in [5.41, 5.74) is 3.46. The highest BCUT2D eigenvalue weighted by Gasteiger charge is 2.12. The molecule has 0 aliphatic carbocycles. The summed E-state index contributed by atoms with van der Waals surface area (Å²) in [6, 6.07) is 12.2. The zero-order valence-electron chi connectivity index (χ0n) is 16.1. The van der Waals surface area contributed by atoms with Crippen molar-refractivity contribution in [2.75, 3.05) is 11.9 Å². The van der Waals surface area contributed by atoms with Crippen molar-refractivity contribution in [3.05, 3.63) is 71.1 Å². The average molecular weight is 443 g/mol. The van der Waals surface area contributed by atoms with Gasteiger partial charge in [-0.15, -0.1) is 0 Å². The van der Waals surface area contributed by atoms with Crippen LogP contribution in [0.2, 0.25) is 5.02 Å². The third kappa shape index (κ3) is 4.13. The Morgan fingerprint density at radius 3 is 2.60 bits per heavy atom. The molecule has 0 saturated carbocycles. The second-order valence-corrected chi connectivity index (χ2v) is 8.78. The molecule has 0 atom stereocenters. The molecule has 0 unspecified atom stereocenters. The van der Waals surface area contributed by atoms with Crippen LogP contribution in [0.25, 0.3) is 16.7 Å². The van der Waals surface area contributed by atoms with E-state index in [1.807, 2.05) is 25.1 Å². The van der Waals surface area contributed by atoms with E-state index >= 15 is 0 Å². The fourth-order valence-electron chi connectivity index (χ4n) is 3.06. The van der Waals surface area contributed by atoms with Crippen LogP contribution >= 0.6 is 11.6 Å². The van der Waals surface area contributed by atoms with Crippen LogP contribution in [0.3, 0.4) is 0 Å². The molecule has 8 nitrogen and oxygen atoms in total. The zero-order chi connectivity index (χ0) is 21.3. The predicted molar refractivity (Wildman–Crippen MR) is 116 cm³/mol. The van der Waals surface area contributed by atoms with Crippen molar-refractivity contribution in [2.24, 2.45) is 5.14 Å². The van der Waals surface area contributed by atoms with Crippen molar-refractivity contribution >= 4 is 38.5 Å². The second kappa shape index (κ2) is 8.02. The molecule has 0 fully saturated rings. The van der Waals surface area contributed by atoms with Crippen molar-refractivity contribution in [2.45, 2.75) is 18.2 Å². The first-order valence-electron chi connectivity index (χ1n) is 9.14. The van der Waals surface area contributed by atoms with Crippen molar-refractivity contribution in [3.8, 4) is 5.69 Å². The summed E-state index contributed by atoms with van der Waals surface area (Å²) in [6.45, 7) is 2.54. The lowest BCUT2D eigenvalue weighted by Crippen LogP contribution is -2.12. The maximum absolute atomic E-state index is 11.3. The Balaban J connectivity index is 1.51. The SMILES string of the molecule is Cc1ccc(-n2ncc3c(NCCc4ccc(S(N)(=O)=O)cc4)ncnc32)cc1Cl. The van der Waals surface area contributed by atoms with Gasteiger partial charge in [0.15, 0.2) is 5.65 Å². The van der Waals surface area contributed by atoms with Crippen LogP contribution in [0, 0.1) is 6.92 Å². The Morgan fingerprint density at radius 1 is 1.13 bits per heavy atom. The third-order valence-corrected chi connectivity index (χ3v) is 6.06. The molecule has 2 aromatic carbocycles. The minimum Gasteiger partial charge on any atom is -0.369 e. The van der Waals surface area contributed by atoms with Gasteiger partial charge in [-0.2, -0.15) is 5.10 Å². The number of halogens is 1. The molecule has 154 valence electrons. The molecule has 0 radical (unpaired) electrons. The Kier molecular flexibility index (Phi) is 5.42. The summed E-state index contributed by atoms with van der Waals surface area (Å²) < 4.78 is 24.4. The van der Waals surface area contributed by atoms with Crippen LogP contribution in [-0.2, 0) is 16.4 Å². The molecule has 0 bridgehead atoms. The van der Waals surface area contributed by atoms with Crippen molar-refractivity contribution < 1.29 is 8.42 Å². The van der Waals surface area contributed by atoms with E-state index in [0.29, 0.717) is 29.5 Å². The van der Waals surface area contributed by atoms with Gasteiger partial charge in [0.25, 0.3) is 0 Å². The second-order valence-electron chi connectivity index (χ2n) is 6.82. The van der Waals surface area contributed by atoms with E-state index in [1.165, 1.54) is 18.5 Å². The van der Waals surface area contributed by atoms with Gasteiger partial charge in [-0.1, -0.05) is 29.8 Å². The fourth-order valence-corrected chi connectivity index (χ4v) is 3.75. The summed E-state index contributed by atoms with van der Waals surface area (Å²) >= 11 is 6.25. The van der Waals surface area contributed by atoms with Gasteiger partial charge in [0.2, 0.25) is 10.0 Å². The summed E-state index contributed by atoms with van der Waals surface area (Å²) in [4.78, 5) is 8.79. The number of fused-ring (bicyclic) bond motifs is 1. The standard InChI is InChI=1S/C20H19ClN6O2S/c1-13-2-5-15(10-18(13)21)27-20-17(11-26-27)19(24-12-25-20)23-9-8-14-3-6-16(7-4-14)30(22,28)29/h2-7,10-12H,8-9H2,1H3,(H2,22,28,29)(H,23,24,25). The molecule has 0 aliphatic heterocycles. The van der Waals surface area contributed by atoms with Gasteiger partial charge in [0.1, 0.15) is 12.1 Å². The topological polar surface area (TPSA) is 116 Å². The number of nitrogens with one attached hydrogen (secondary N) is 1. The van der Waals surface area contributed by atoms with E-state index in [1.54, 1.807) is 23.0 Å². The first kappa shape index (κ1) is 20.3. The van der Waals surface area contributed by atoms with Crippen LogP contribution in [0.5, 0.6) is 0 Å². The molecule has 0 amide bonds. The lowest BCUT2D eigenvalue weighted by Gasteiger charge is -2.08. The van der Waals surface area contributed by atoms with Gasteiger partial charge in [-0.3, -0.25) is 0 Å². The number of rotatable bonds is 6. The van der Waals surface area contributed by atoms with E-state index in [-0.39, 0.29) is 4.90 Å². The van der Waals surface area contributed by atoms with E-state index in [4.69, 9.17) is 16.7 Å². The van der Waals surface area contributed by atoms with Crippen molar-refractivity contribution in [1.29, 1.82) is 0 Å². The van der Waals surface area contributed by atoms with Crippen LogP contribution in [0.4, 0.5) is 5.82 Å². The first-order valence-corrected chi connectivity index (χ1v) is 11.1. The molecule has 0 saturated heterocycles. The number of nitrogens with two attached hydrogens (primary N) is 1. The Morgan fingerprint density at radius 2 is 1.90 bits per heavy atom. The smallest absolute Gasteiger partial charge is 0.238 e. The molecule has 30 heavy (non-hydrogen) atoms. The fraction of sp³-hybridized carbons (Fsp3) is 0.150. The summed E-state index contributed by atoms with van der Waals surface area (Å²) in [7, 11) is -3.68. The van der Waals surface area contributed by atoms with Gasteiger partial charge < -0.3 is 5.32 Å². The molecule has 0 spiro atoms. The number of hydrogen-bond acceptors (Lipinski definition) is 6. The molecular formula is C20H19ClN6O2S. The van der Waals surface area contributed by atoms with Gasteiger partial charge >= 0.3 is 0 Å². The predicted octanol–water partition coefficient (Wildman–Crippen LogP) is 3.08. The van der Waals surface area contributed by atoms with Gasteiger partial charge in [0.05, 0.1) is 22.2 Å². The summed E-state index contributed by atoms with van der Waals surface area (Å²) in [6.07, 6.45) is 3.88. The maximum atomic E-state index is 11.3. The highest BCUT2D eigenvalue weighted by molar-refractivity contribution is 7.89. The van der Waals surface area contributed by atoms with Crippen LogP contribution in [-0.4, -0.2) is 34.7 Å². The third-order valence-electron chi connectivity index (χ3n) is 4.72. The van der Waals surface area contributed by atoms with Gasteiger partial charge in [0, 0.05) is 11.6 Å². The monoisotopic (exact) mass is 442 g/mol. The molecule has 3 N–H and O–H groups in total. The van der Waals surface area contributed by atoms with E-state index < -0.39 is 10.0 Å². The number of aromatic nitrogens is 4. The molecular weight excluding hydrogens is 424 g/mol. The lowest BCUT2D eigenvalue weighted by molar-refractivity contribution is 0.598. The van der Waals surface area contributed by atoms with Crippen LogP contribution in [0.15, 0.2) is 59.9 Å². The van der Waals surface area contributed by atoms with Crippen LogP contribution < -0.4 is 10.5 Å². The lowest BCUT2D eigenvalue weighted by atomic mass is 10.1. The summed E-state index contributed by atoms with van der Waals surface area (Å²) in [5, 5.41) is 14.3. The van der Waals surface area contributed by atoms with Crippen molar-refractivity contribution in [1.82, 2.24) is 19.7 Å². The number of primary sulfonamides is 1. The quantitative estimate of drug-likeness (QED) is 0.474. The number of benzene rings is 2. The average Bonchev–Trinajstić information content (AvgIpc) is 3.15. The molecule has 0 aliphatic rings. The van der Waals surface area contributed by atoms with E-state index in [2.05, 4.69) is 20.4 Å². The number of sulfonamides is 1. The molecule has 10 heteroatoms. The first-order chi connectivity index (χ1) is 14.3. The molecule has 2 heterocycles. The Hall–Kier alpha value is -3.01. The van der Waals surface area contributed by atoms with Gasteiger partial charge in [-0.25, -0.2) is 28.2 Å². The maximum Gasteiger partial charge on any atom is 0.238 e. The highest BCUT2D eigenvalue weighted by atomic mass is 35.5. The normalized spacial score (nSPS) is 11.7. The Bertz CT molecular complexity index is 1320. The zero-order valence-corrected chi connectivity index (χ0v) is 17.7. The largest absolute Gasteiger partial charge is 0.369 e. The Labute approximate surface area is 178 Å². The number of anilines is 1. The number of nitrogens with zero attached hydrogens (tertiary/aromatic N) is 4. The van der Waals surface area contributed by atoms with Gasteiger partial charge in [-0.05, 0) is 48.7 Å². The number of hydrogen-bond donors (Lipinski definition) is 2. The molecule has 4 aromatic rings. The molecule has 4 rings (SSSR count). The minimum atomic E-state index is -3.68. The number of aryl methyl sites for hydroxylation is 1. The summed E-state index contributed by atoms with van der Waals surface area (Å²) in [5.74, 6) is 0.672. The van der Waals surface area contributed by atoms with E-state index in [0.717, 1.165) is 22.2 Å². The van der Waals surface area contributed by atoms with E-state index in [9.17, 15) is 8.42 Å². The van der Waals surface area contributed by atoms with Crippen molar-refractivity contribution in [3.63, 3.8) is 0 Å². The highest BCUT2D eigenvalue weighted by Crippen LogP contribution is 2.24. The van der Waals surface area contributed by atoms with Crippen LogP contribution in [0.1, 0.15) is 11.1 Å². The molecule has 2 aromatic heterocycles. The minimum absolute atomic E-state index is 0.0975.